The van der Waals surface area contributed by atoms with Crippen molar-refractivity contribution in [3.05, 3.63) is 33.8 Å². The first-order valence-electron chi connectivity index (χ1n) is 6.72. The van der Waals surface area contributed by atoms with Crippen LogP contribution >= 0.6 is 46.3 Å². The first kappa shape index (κ1) is 18.3. The van der Waals surface area contributed by atoms with Gasteiger partial charge in [-0.3, -0.25) is 5.32 Å². The van der Waals surface area contributed by atoms with Crippen LogP contribution in [0.25, 0.3) is 0 Å². The fourth-order valence-electron chi connectivity index (χ4n) is 1.56. The van der Waals surface area contributed by atoms with E-state index in [0.29, 0.717) is 20.9 Å². The van der Waals surface area contributed by atoms with Crippen molar-refractivity contribution in [3.63, 3.8) is 0 Å². The summed E-state index contributed by atoms with van der Waals surface area (Å²) >= 11 is 14.7. The topological polar surface area (TPSA) is 66.9 Å². The molecule has 9 heteroatoms. The Balaban J connectivity index is 1.89. The molecular weight excluding hydrogens is 375 g/mol. The van der Waals surface area contributed by atoms with E-state index < -0.39 is 0 Å². The third kappa shape index (κ3) is 6.18. The van der Waals surface area contributed by atoms with Crippen LogP contribution in [-0.4, -0.2) is 21.8 Å². The minimum Gasteiger partial charge on any atom is -0.333 e. The molecule has 0 bridgehead atoms. The summed E-state index contributed by atoms with van der Waals surface area (Å²) < 4.78 is 0.766. The first-order valence-corrected chi connectivity index (χ1v) is 9.28. The Kier molecular flexibility index (Phi) is 6.13. The van der Waals surface area contributed by atoms with Gasteiger partial charge in [-0.15, -0.1) is 10.2 Å². The molecule has 0 aliphatic carbocycles. The van der Waals surface area contributed by atoms with Crippen molar-refractivity contribution < 1.29 is 4.79 Å². The normalized spacial score (nSPS) is 11.3. The molecule has 23 heavy (non-hydrogen) atoms. The number of urea groups is 1. The predicted octanol–water partition coefficient (Wildman–Crippen LogP) is 5.06. The van der Waals surface area contributed by atoms with Gasteiger partial charge in [0.05, 0.1) is 10.0 Å². The molecule has 2 rings (SSSR count). The Morgan fingerprint density at radius 2 is 2.00 bits per heavy atom. The second-order valence-corrected chi connectivity index (χ2v) is 8.75. The Bertz CT molecular complexity index is 700. The summed E-state index contributed by atoms with van der Waals surface area (Å²) in [6.07, 6.45) is 0. The third-order valence-corrected chi connectivity index (χ3v) is 5.24. The zero-order valence-corrected chi connectivity index (χ0v) is 16.0. The van der Waals surface area contributed by atoms with E-state index in [1.807, 2.05) is 32.9 Å². The molecule has 0 saturated carbocycles. The number of nitrogens with zero attached hydrogens (tertiary/aromatic N) is 2. The van der Waals surface area contributed by atoms with E-state index in [4.69, 9.17) is 23.2 Å². The lowest BCUT2D eigenvalue weighted by Crippen LogP contribution is -2.43. The molecule has 2 aromatic rings. The lowest BCUT2D eigenvalue weighted by molar-refractivity contribution is 0.244. The van der Waals surface area contributed by atoms with Crippen LogP contribution in [0, 0.1) is 0 Å². The highest BCUT2D eigenvalue weighted by Crippen LogP contribution is 2.30. The maximum Gasteiger partial charge on any atom is 0.321 e. The number of carbonyl (C=O) groups is 1. The van der Waals surface area contributed by atoms with Crippen LogP contribution in [-0.2, 0) is 5.75 Å². The molecule has 0 saturated heterocycles. The number of nitrogens with one attached hydrogen (secondary N) is 2. The maximum atomic E-state index is 11.8. The van der Waals surface area contributed by atoms with E-state index in [9.17, 15) is 4.79 Å². The number of halogens is 2. The Labute approximate surface area is 153 Å². The van der Waals surface area contributed by atoms with Crippen molar-refractivity contribution in [2.24, 2.45) is 0 Å². The number of carbonyl (C=O) groups excluding carboxylic acids is 1. The van der Waals surface area contributed by atoms with E-state index in [1.165, 1.54) is 23.1 Å². The van der Waals surface area contributed by atoms with Gasteiger partial charge < -0.3 is 5.32 Å². The predicted molar refractivity (Wildman–Crippen MR) is 97.8 cm³/mol. The van der Waals surface area contributed by atoms with Crippen molar-refractivity contribution in [2.45, 2.75) is 36.4 Å². The number of benzene rings is 1. The molecule has 0 aliphatic rings. The molecule has 0 radical (unpaired) electrons. The minimum atomic E-state index is -0.305. The van der Waals surface area contributed by atoms with E-state index in [2.05, 4.69) is 20.8 Å². The molecule has 0 atom stereocenters. The van der Waals surface area contributed by atoms with Crippen LogP contribution in [0.15, 0.2) is 22.5 Å². The van der Waals surface area contributed by atoms with Crippen LogP contribution in [0.1, 0.15) is 26.3 Å². The average molecular weight is 391 g/mol. The van der Waals surface area contributed by atoms with Gasteiger partial charge in [-0.2, -0.15) is 0 Å². The van der Waals surface area contributed by atoms with Gasteiger partial charge in [-0.05, 0) is 38.5 Å². The van der Waals surface area contributed by atoms with Gasteiger partial charge in [0.15, 0.2) is 4.34 Å². The molecule has 5 nitrogen and oxygen atoms in total. The van der Waals surface area contributed by atoms with Crippen molar-refractivity contribution in [1.29, 1.82) is 0 Å². The fraction of sp³-hybridized carbons (Fsp3) is 0.357. The van der Waals surface area contributed by atoms with Crippen LogP contribution < -0.4 is 10.6 Å². The molecular formula is C14H16Cl2N4OS2. The van der Waals surface area contributed by atoms with Crippen molar-refractivity contribution in [1.82, 2.24) is 15.5 Å². The Hall–Kier alpha value is -1.02. The van der Waals surface area contributed by atoms with Gasteiger partial charge in [0.2, 0.25) is 5.13 Å². The summed E-state index contributed by atoms with van der Waals surface area (Å²) in [5.74, 6) is 0.694. The molecule has 1 aromatic heterocycles. The van der Waals surface area contributed by atoms with Gasteiger partial charge in [0, 0.05) is 11.3 Å². The van der Waals surface area contributed by atoms with Gasteiger partial charge in [-0.25, -0.2) is 4.79 Å². The zero-order chi connectivity index (χ0) is 17.0. The van der Waals surface area contributed by atoms with Crippen LogP contribution in [0.3, 0.4) is 0 Å². The molecule has 0 spiro atoms. The molecule has 0 fully saturated rings. The zero-order valence-electron chi connectivity index (χ0n) is 12.8. The Morgan fingerprint density at radius 1 is 1.26 bits per heavy atom. The highest BCUT2D eigenvalue weighted by molar-refractivity contribution is 8.00. The summed E-state index contributed by atoms with van der Waals surface area (Å²) in [4.78, 5) is 11.8. The number of rotatable bonds is 4. The third-order valence-electron chi connectivity index (χ3n) is 2.46. The van der Waals surface area contributed by atoms with Crippen molar-refractivity contribution in [2.75, 3.05) is 5.32 Å². The van der Waals surface area contributed by atoms with Gasteiger partial charge in [0.1, 0.15) is 0 Å². The second-order valence-electron chi connectivity index (χ2n) is 5.74. The fourth-order valence-corrected chi connectivity index (χ4v) is 3.57. The van der Waals surface area contributed by atoms with Crippen LogP contribution in [0.4, 0.5) is 9.93 Å². The van der Waals surface area contributed by atoms with Crippen molar-refractivity contribution >= 4 is 57.5 Å². The number of thioether (sulfide) groups is 1. The molecule has 2 amide bonds. The van der Waals surface area contributed by atoms with Crippen LogP contribution in [0.5, 0.6) is 0 Å². The van der Waals surface area contributed by atoms with E-state index in [0.717, 1.165) is 9.90 Å². The molecule has 0 aliphatic heterocycles. The number of anilines is 1. The quantitative estimate of drug-likeness (QED) is 0.565. The average Bonchev–Trinajstić information content (AvgIpc) is 2.85. The van der Waals surface area contributed by atoms with E-state index >= 15 is 0 Å². The minimum absolute atomic E-state index is 0.297. The molecule has 2 N–H and O–H groups in total. The molecule has 1 heterocycles. The summed E-state index contributed by atoms with van der Waals surface area (Å²) in [6, 6.07) is 5.21. The van der Waals surface area contributed by atoms with Crippen LogP contribution in [0.2, 0.25) is 10.0 Å². The number of hydrogen-bond donors (Lipinski definition) is 2. The van der Waals surface area contributed by atoms with E-state index in [-0.39, 0.29) is 11.6 Å². The first-order chi connectivity index (χ1) is 10.7. The summed E-state index contributed by atoms with van der Waals surface area (Å²) in [7, 11) is 0. The van der Waals surface area contributed by atoms with Gasteiger partial charge >= 0.3 is 6.03 Å². The van der Waals surface area contributed by atoms with Gasteiger partial charge in [-0.1, -0.05) is 52.4 Å². The largest absolute Gasteiger partial charge is 0.333 e. The molecule has 0 unspecified atom stereocenters. The lowest BCUT2D eigenvalue weighted by atomic mass is 10.1. The molecule has 124 valence electrons. The number of amides is 2. The second kappa shape index (κ2) is 7.70. The van der Waals surface area contributed by atoms with Gasteiger partial charge in [0.25, 0.3) is 0 Å². The lowest BCUT2D eigenvalue weighted by Gasteiger charge is -2.19. The highest BCUT2D eigenvalue weighted by Gasteiger charge is 2.15. The van der Waals surface area contributed by atoms with E-state index in [1.54, 1.807) is 6.07 Å². The summed E-state index contributed by atoms with van der Waals surface area (Å²) in [5.41, 5.74) is 0.736. The number of hydrogen-bond acceptors (Lipinski definition) is 5. The maximum absolute atomic E-state index is 11.8. The SMILES string of the molecule is CC(C)(C)NC(=O)Nc1nnc(SCc2ccc(Cl)c(Cl)c2)s1. The smallest absolute Gasteiger partial charge is 0.321 e. The van der Waals surface area contributed by atoms with Crippen molar-refractivity contribution in [3.8, 4) is 0 Å². The number of aromatic nitrogens is 2. The summed E-state index contributed by atoms with van der Waals surface area (Å²) in [6.45, 7) is 5.72. The monoisotopic (exact) mass is 390 g/mol. The molecule has 1 aromatic carbocycles. The summed E-state index contributed by atoms with van der Waals surface area (Å²) in [5, 5.41) is 15.0. The Morgan fingerprint density at radius 3 is 2.65 bits per heavy atom. The highest BCUT2D eigenvalue weighted by atomic mass is 35.5. The standard InChI is InChI=1S/C14H16Cl2N4OS2/c1-14(2,3)18-11(21)17-12-19-20-13(23-12)22-7-8-4-5-9(15)10(16)6-8/h4-6H,7H2,1-3H3,(H2,17,18,19,21).